The van der Waals surface area contributed by atoms with Crippen LogP contribution in [0.5, 0.6) is 0 Å². The molecule has 0 spiro atoms. The molecule has 0 heterocycles. The monoisotopic (exact) mass is 462 g/mol. The molecule has 0 aromatic heterocycles. The molecule has 1 aromatic rings. The first-order valence-electron chi connectivity index (χ1n) is 8.98. The Hall–Kier alpha value is -1.02. The predicted molar refractivity (Wildman–Crippen MR) is 119 cm³/mol. The van der Waals surface area contributed by atoms with Gasteiger partial charge in [0.25, 0.3) is 0 Å². The van der Waals surface area contributed by atoms with E-state index in [2.05, 4.69) is 59.1 Å². The highest BCUT2D eigenvalue weighted by atomic mass is 127. The van der Waals surface area contributed by atoms with Crippen molar-refractivity contribution in [3.8, 4) is 0 Å². The van der Waals surface area contributed by atoms with E-state index >= 15 is 0 Å². The smallest absolute Gasteiger partial charge is 0.191 e. The molecule has 0 radical (unpaired) electrons. The van der Waals surface area contributed by atoms with Crippen LogP contribution < -0.4 is 16.0 Å². The number of aliphatic imine (C=N–C) groups is 1. The zero-order valence-electron chi connectivity index (χ0n) is 16.1. The standard InChI is InChI=1S/C19H34N4O.HI/c1-5-6-7-8-16(2)23-19(20-3)22-15-17-9-11-18(12-10-17)21-13-14-24-4;/h9-12,16,21H,5-8,13-15H2,1-4H3,(H2,20,22,23);1H. The molecule has 0 saturated carbocycles. The summed E-state index contributed by atoms with van der Waals surface area (Å²) < 4.78 is 5.03. The quantitative estimate of drug-likeness (QED) is 0.202. The number of benzene rings is 1. The second-order valence-electron chi connectivity index (χ2n) is 6.08. The summed E-state index contributed by atoms with van der Waals surface area (Å²) in [7, 11) is 3.53. The summed E-state index contributed by atoms with van der Waals surface area (Å²) in [4.78, 5) is 4.31. The van der Waals surface area contributed by atoms with Gasteiger partial charge in [-0.25, -0.2) is 0 Å². The number of nitrogens with zero attached hydrogens (tertiary/aromatic N) is 1. The number of hydrogen-bond acceptors (Lipinski definition) is 3. The van der Waals surface area contributed by atoms with E-state index in [9.17, 15) is 0 Å². The van der Waals surface area contributed by atoms with Gasteiger partial charge in [0.05, 0.1) is 6.61 Å². The van der Waals surface area contributed by atoms with Gasteiger partial charge in [-0.3, -0.25) is 4.99 Å². The lowest BCUT2D eigenvalue weighted by molar-refractivity contribution is 0.211. The van der Waals surface area contributed by atoms with E-state index in [0.29, 0.717) is 12.6 Å². The van der Waals surface area contributed by atoms with Crippen molar-refractivity contribution >= 4 is 35.6 Å². The van der Waals surface area contributed by atoms with E-state index in [1.54, 1.807) is 7.11 Å². The molecule has 1 unspecified atom stereocenters. The van der Waals surface area contributed by atoms with E-state index in [1.165, 1.54) is 31.2 Å². The molecule has 0 aliphatic carbocycles. The fourth-order valence-electron chi connectivity index (χ4n) is 2.42. The zero-order chi connectivity index (χ0) is 17.6. The van der Waals surface area contributed by atoms with Gasteiger partial charge < -0.3 is 20.7 Å². The number of nitrogens with one attached hydrogen (secondary N) is 3. The first-order valence-corrected chi connectivity index (χ1v) is 8.98. The van der Waals surface area contributed by atoms with Gasteiger partial charge in [0.1, 0.15) is 0 Å². The third kappa shape index (κ3) is 11.3. The summed E-state index contributed by atoms with van der Waals surface area (Å²) in [6.07, 6.45) is 4.99. The van der Waals surface area contributed by atoms with Crippen LogP contribution in [0.4, 0.5) is 5.69 Å². The van der Waals surface area contributed by atoms with Crippen LogP contribution in [0.25, 0.3) is 0 Å². The normalized spacial score (nSPS) is 12.2. The van der Waals surface area contributed by atoms with E-state index < -0.39 is 0 Å². The second-order valence-corrected chi connectivity index (χ2v) is 6.08. The molecule has 0 aliphatic rings. The Kier molecular flexibility index (Phi) is 14.6. The average Bonchev–Trinajstić information content (AvgIpc) is 2.60. The van der Waals surface area contributed by atoms with Crippen LogP contribution in [0.3, 0.4) is 0 Å². The molecule has 1 atom stereocenters. The van der Waals surface area contributed by atoms with E-state index in [1.807, 2.05) is 7.05 Å². The summed E-state index contributed by atoms with van der Waals surface area (Å²) in [5.41, 5.74) is 2.34. The Morgan fingerprint density at radius 2 is 1.92 bits per heavy atom. The van der Waals surface area contributed by atoms with Crippen molar-refractivity contribution in [1.29, 1.82) is 0 Å². The fraction of sp³-hybridized carbons (Fsp3) is 0.632. The lowest BCUT2D eigenvalue weighted by Gasteiger charge is -2.18. The predicted octanol–water partition coefficient (Wildman–Crippen LogP) is 4.00. The lowest BCUT2D eigenvalue weighted by atomic mass is 10.1. The maximum absolute atomic E-state index is 5.03. The summed E-state index contributed by atoms with van der Waals surface area (Å²) >= 11 is 0. The Morgan fingerprint density at radius 3 is 2.52 bits per heavy atom. The van der Waals surface area contributed by atoms with Gasteiger partial charge in [-0.1, -0.05) is 38.3 Å². The van der Waals surface area contributed by atoms with E-state index in [4.69, 9.17) is 4.74 Å². The van der Waals surface area contributed by atoms with Gasteiger partial charge in [0.2, 0.25) is 0 Å². The van der Waals surface area contributed by atoms with Crippen LogP contribution in [0.2, 0.25) is 0 Å². The van der Waals surface area contributed by atoms with Crippen LogP contribution in [-0.2, 0) is 11.3 Å². The van der Waals surface area contributed by atoms with Crippen molar-refractivity contribution in [2.45, 2.75) is 52.1 Å². The molecule has 0 bridgehead atoms. The van der Waals surface area contributed by atoms with Crippen molar-refractivity contribution < 1.29 is 4.74 Å². The highest BCUT2D eigenvalue weighted by Gasteiger charge is 2.05. The Balaban J connectivity index is 0.00000576. The van der Waals surface area contributed by atoms with Gasteiger partial charge in [-0.15, -0.1) is 24.0 Å². The molecule has 1 rings (SSSR count). The van der Waals surface area contributed by atoms with Crippen molar-refractivity contribution in [1.82, 2.24) is 10.6 Å². The van der Waals surface area contributed by atoms with E-state index in [-0.39, 0.29) is 24.0 Å². The van der Waals surface area contributed by atoms with E-state index in [0.717, 1.165) is 24.7 Å². The van der Waals surface area contributed by atoms with Crippen LogP contribution in [0, 0.1) is 0 Å². The van der Waals surface area contributed by atoms with Crippen molar-refractivity contribution in [2.75, 3.05) is 32.6 Å². The average molecular weight is 462 g/mol. The lowest BCUT2D eigenvalue weighted by Crippen LogP contribution is -2.41. The SMILES string of the molecule is CCCCCC(C)NC(=NC)NCc1ccc(NCCOC)cc1.I. The summed E-state index contributed by atoms with van der Waals surface area (Å²) in [5, 5.41) is 10.1. The number of halogens is 1. The largest absolute Gasteiger partial charge is 0.383 e. The first kappa shape index (κ1) is 24.0. The molecule has 0 aliphatic heterocycles. The summed E-state index contributed by atoms with van der Waals surface area (Å²) in [5.74, 6) is 0.862. The number of anilines is 1. The third-order valence-corrected chi connectivity index (χ3v) is 3.90. The zero-order valence-corrected chi connectivity index (χ0v) is 18.4. The van der Waals surface area contributed by atoms with Gasteiger partial charge in [-0.2, -0.15) is 0 Å². The maximum atomic E-state index is 5.03. The first-order chi connectivity index (χ1) is 11.7. The van der Waals surface area contributed by atoms with Crippen molar-refractivity contribution in [2.24, 2.45) is 4.99 Å². The second kappa shape index (κ2) is 15.3. The fourth-order valence-corrected chi connectivity index (χ4v) is 2.42. The molecule has 0 saturated heterocycles. The molecule has 25 heavy (non-hydrogen) atoms. The van der Waals surface area contributed by atoms with Crippen LogP contribution >= 0.6 is 24.0 Å². The molecule has 0 fully saturated rings. The summed E-state index contributed by atoms with van der Waals surface area (Å²) in [6, 6.07) is 8.88. The van der Waals surface area contributed by atoms with Gasteiger partial charge >= 0.3 is 0 Å². The topological polar surface area (TPSA) is 57.7 Å². The van der Waals surface area contributed by atoms with Crippen LogP contribution in [0.15, 0.2) is 29.3 Å². The number of methoxy groups -OCH3 is 1. The highest BCUT2D eigenvalue weighted by Crippen LogP contribution is 2.09. The third-order valence-electron chi connectivity index (χ3n) is 3.90. The van der Waals surface area contributed by atoms with Gasteiger partial charge in [-0.05, 0) is 31.0 Å². The maximum Gasteiger partial charge on any atom is 0.191 e. The molecule has 5 nitrogen and oxygen atoms in total. The highest BCUT2D eigenvalue weighted by molar-refractivity contribution is 14.0. The molecule has 1 aromatic carbocycles. The molecular weight excluding hydrogens is 427 g/mol. The van der Waals surface area contributed by atoms with Crippen molar-refractivity contribution in [3.05, 3.63) is 29.8 Å². The molecule has 0 amide bonds. The Labute approximate surface area is 170 Å². The number of hydrogen-bond donors (Lipinski definition) is 3. The molecule has 3 N–H and O–H groups in total. The molecule has 144 valence electrons. The Morgan fingerprint density at radius 1 is 1.20 bits per heavy atom. The van der Waals surface area contributed by atoms with Gasteiger partial charge in [0, 0.05) is 39.0 Å². The minimum atomic E-state index is 0. The number of ether oxygens (including phenoxy) is 1. The Bertz CT molecular complexity index is 465. The van der Waals surface area contributed by atoms with Crippen LogP contribution in [0.1, 0.15) is 45.1 Å². The van der Waals surface area contributed by atoms with Gasteiger partial charge in [0.15, 0.2) is 5.96 Å². The van der Waals surface area contributed by atoms with Crippen LogP contribution in [-0.4, -0.2) is 39.3 Å². The number of guanidine groups is 1. The van der Waals surface area contributed by atoms with Crippen molar-refractivity contribution in [3.63, 3.8) is 0 Å². The molecule has 6 heteroatoms. The summed E-state index contributed by atoms with van der Waals surface area (Å²) in [6.45, 7) is 6.74. The number of unbranched alkanes of at least 4 members (excludes halogenated alkanes) is 2. The number of rotatable bonds is 11. The minimum Gasteiger partial charge on any atom is -0.383 e. The molecular formula is C19H35IN4O. The minimum absolute atomic E-state index is 0.